The number of halogens is 1. The third-order valence-electron chi connectivity index (χ3n) is 4.22. The molecule has 1 fully saturated rings. The minimum Gasteiger partial charge on any atom is -0.496 e. The van der Waals surface area contributed by atoms with Gasteiger partial charge in [0.2, 0.25) is 5.91 Å². The largest absolute Gasteiger partial charge is 0.496 e. The Balaban J connectivity index is 1.79. The molecule has 1 N–H and O–H groups in total. The number of benzene rings is 1. The maximum Gasteiger partial charge on any atom is 0.234 e. The van der Waals surface area contributed by atoms with Gasteiger partial charge >= 0.3 is 0 Å². The molecule has 0 spiro atoms. The fraction of sp³-hybridized carbons (Fsp3) is 0.588. The topological polar surface area (TPSA) is 44.8 Å². The monoisotopic (exact) mass is 339 g/mol. The van der Waals surface area contributed by atoms with E-state index in [2.05, 4.69) is 29.0 Å². The number of piperazine rings is 1. The molecule has 0 aliphatic carbocycles. The van der Waals surface area contributed by atoms with E-state index < -0.39 is 0 Å². The van der Waals surface area contributed by atoms with Crippen LogP contribution in [-0.4, -0.2) is 61.6 Å². The number of carbonyl (C=O) groups excluding carboxylic acids is 1. The predicted octanol–water partition coefficient (Wildman–Crippen LogP) is 1.99. The summed E-state index contributed by atoms with van der Waals surface area (Å²) in [6, 6.07) is 5.98. The molecule has 128 valence electrons. The van der Waals surface area contributed by atoms with Gasteiger partial charge in [-0.15, -0.1) is 0 Å². The van der Waals surface area contributed by atoms with Crippen molar-refractivity contribution in [1.29, 1.82) is 0 Å². The van der Waals surface area contributed by atoms with Crippen LogP contribution in [0.1, 0.15) is 19.4 Å². The summed E-state index contributed by atoms with van der Waals surface area (Å²) in [5.41, 5.74) is 0.887. The second kappa shape index (κ2) is 8.52. The summed E-state index contributed by atoms with van der Waals surface area (Å²) in [5.74, 6) is 0.769. The van der Waals surface area contributed by atoms with Crippen LogP contribution < -0.4 is 10.1 Å². The van der Waals surface area contributed by atoms with Crippen LogP contribution in [0.15, 0.2) is 18.2 Å². The van der Waals surface area contributed by atoms with Gasteiger partial charge in [0, 0.05) is 49.4 Å². The highest BCUT2D eigenvalue weighted by Gasteiger charge is 2.20. The van der Waals surface area contributed by atoms with E-state index in [9.17, 15) is 4.79 Å². The van der Waals surface area contributed by atoms with Crippen molar-refractivity contribution in [2.45, 2.75) is 26.4 Å². The first-order chi connectivity index (χ1) is 11.0. The Morgan fingerprint density at radius 1 is 1.30 bits per heavy atom. The molecule has 0 unspecified atom stereocenters. The predicted molar refractivity (Wildman–Crippen MR) is 93.0 cm³/mol. The Bertz CT molecular complexity index is 529. The van der Waals surface area contributed by atoms with E-state index in [0.29, 0.717) is 24.2 Å². The highest BCUT2D eigenvalue weighted by molar-refractivity contribution is 6.30. The summed E-state index contributed by atoms with van der Waals surface area (Å²) in [4.78, 5) is 16.8. The number of carbonyl (C=O) groups is 1. The van der Waals surface area contributed by atoms with Crippen molar-refractivity contribution in [3.8, 4) is 5.75 Å². The SMILES string of the molecule is COc1ccc(Cl)cc1CNC(=O)CN1CCN(C(C)C)CC1. The van der Waals surface area contributed by atoms with Gasteiger partial charge in [0.1, 0.15) is 5.75 Å². The summed E-state index contributed by atoms with van der Waals surface area (Å²) in [5, 5.41) is 3.59. The van der Waals surface area contributed by atoms with Gasteiger partial charge in [-0.3, -0.25) is 14.6 Å². The fourth-order valence-electron chi connectivity index (χ4n) is 2.78. The first-order valence-corrected chi connectivity index (χ1v) is 8.43. The third-order valence-corrected chi connectivity index (χ3v) is 4.46. The third kappa shape index (κ3) is 5.37. The molecule has 1 amide bonds. The standard InChI is InChI=1S/C17H26ClN3O2/c1-13(2)21-8-6-20(7-9-21)12-17(22)19-11-14-10-15(18)4-5-16(14)23-3/h4-5,10,13H,6-9,11-12H2,1-3H3,(H,19,22). The molecule has 6 heteroatoms. The van der Waals surface area contributed by atoms with Crippen molar-refractivity contribution in [2.24, 2.45) is 0 Å². The van der Waals surface area contributed by atoms with Crippen molar-refractivity contribution >= 4 is 17.5 Å². The Kier molecular flexibility index (Phi) is 6.69. The van der Waals surface area contributed by atoms with E-state index >= 15 is 0 Å². The average molecular weight is 340 g/mol. The lowest BCUT2D eigenvalue weighted by Gasteiger charge is -2.36. The summed E-state index contributed by atoms with van der Waals surface area (Å²) >= 11 is 6.00. The van der Waals surface area contributed by atoms with Gasteiger partial charge in [-0.1, -0.05) is 11.6 Å². The first kappa shape index (κ1) is 18.0. The number of amides is 1. The number of nitrogens with zero attached hydrogens (tertiary/aromatic N) is 2. The molecule has 1 aromatic rings. The number of rotatable bonds is 6. The number of hydrogen-bond donors (Lipinski definition) is 1. The molecule has 2 rings (SSSR count). The molecule has 5 nitrogen and oxygen atoms in total. The van der Waals surface area contributed by atoms with Crippen molar-refractivity contribution < 1.29 is 9.53 Å². The molecule has 0 bridgehead atoms. The van der Waals surface area contributed by atoms with E-state index in [-0.39, 0.29) is 5.91 Å². The van der Waals surface area contributed by atoms with Crippen molar-refractivity contribution in [2.75, 3.05) is 39.8 Å². The molecule has 1 saturated heterocycles. The van der Waals surface area contributed by atoms with E-state index in [0.717, 1.165) is 37.5 Å². The highest BCUT2D eigenvalue weighted by Crippen LogP contribution is 2.22. The molecule has 0 radical (unpaired) electrons. The second-order valence-corrected chi connectivity index (χ2v) is 6.58. The lowest BCUT2D eigenvalue weighted by Crippen LogP contribution is -2.51. The summed E-state index contributed by atoms with van der Waals surface area (Å²) in [6.07, 6.45) is 0. The number of methoxy groups -OCH3 is 1. The van der Waals surface area contributed by atoms with Crippen LogP contribution in [0, 0.1) is 0 Å². The van der Waals surface area contributed by atoms with Crippen molar-refractivity contribution in [3.63, 3.8) is 0 Å². The molecule has 1 heterocycles. The van der Waals surface area contributed by atoms with Crippen molar-refractivity contribution in [3.05, 3.63) is 28.8 Å². The second-order valence-electron chi connectivity index (χ2n) is 6.14. The van der Waals surface area contributed by atoms with E-state index in [1.165, 1.54) is 0 Å². The first-order valence-electron chi connectivity index (χ1n) is 8.05. The van der Waals surface area contributed by atoms with Gasteiger partial charge in [-0.25, -0.2) is 0 Å². The Morgan fingerprint density at radius 3 is 2.61 bits per heavy atom. The molecular weight excluding hydrogens is 314 g/mol. The zero-order valence-electron chi connectivity index (χ0n) is 14.1. The Morgan fingerprint density at radius 2 is 2.00 bits per heavy atom. The molecular formula is C17H26ClN3O2. The van der Waals surface area contributed by atoms with Gasteiger partial charge in [-0.05, 0) is 32.0 Å². The summed E-state index contributed by atoms with van der Waals surface area (Å²) in [7, 11) is 1.61. The van der Waals surface area contributed by atoms with Gasteiger partial charge in [-0.2, -0.15) is 0 Å². The van der Waals surface area contributed by atoms with E-state index in [4.69, 9.17) is 16.3 Å². The molecule has 1 aliphatic heterocycles. The van der Waals surface area contributed by atoms with E-state index in [1.807, 2.05) is 12.1 Å². The quantitative estimate of drug-likeness (QED) is 0.861. The van der Waals surface area contributed by atoms with Crippen LogP contribution in [-0.2, 0) is 11.3 Å². The normalized spacial score (nSPS) is 16.6. The van der Waals surface area contributed by atoms with Crippen LogP contribution in [0.4, 0.5) is 0 Å². The van der Waals surface area contributed by atoms with Crippen LogP contribution in [0.5, 0.6) is 5.75 Å². The molecule has 0 saturated carbocycles. The molecule has 0 atom stereocenters. The zero-order chi connectivity index (χ0) is 16.8. The maximum atomic E-state index is 12.1. The van der Waals surface area contributed by atoms with Gasteiger partial charge in [0.05, 0.1) is 13.7 Å². The smallest absolute Gasteiger partial charge is 0.234 e. The Hall–Kier alpha value is -1.30. The van der Waals surface area contributed by atoms with Gasteiger partial charge < -0.3 is 10.1 Å². The van der Waals surface area contributed by atoms with Gasteiger partial charge in [0.25, 0.3) is 0 Å². The summed E-state index contributed by atoms with van der Waals surface area (Å²) < 4.78 is 5.29. The van der Waals surface area contributed by atoms with Crippen LogP contribution in [0.3, 0.4) is 0 Å². The highest BCUT2D eigenvalue weighted by atomic mass is 35.5. The maximum absolute atomic E-state index is 12.1. The number of hydrogen-bond acceptors (Lipinski definition) is 4. The Labute approximate surface area is 143 Å². The van der Waals surface area contributed by atoms with Crippen LogP contribution in [0.2, 0.25) is 5.02 Å². The van der Waals surface area contributed by atoms with Gasteiger partial charge in [0.15, 0.2) is 0 Å². The molecule has 1 aromatic carbocycles. The fourth-order valence-corrected chi connectivity index (χ4v) is 2.97. The zero-order valence-corrected chi connectivity index (χ0v) is 14.9. The van der Waals surface area contributed by atoms with E-state index in [1.54, 1.807) is 13.2 Å². The summed E-state index contributed by atoms with van der Waals surface area (Å²) in [6.45, 7) is 9.20. The average Bonchev–Trinajstić information content (AvgIpc) is 2.53. The number of ether oxygens (including phenoxy) is 1. The minimum absolute atomic E-state index is 0.0324. The lowest BCUT2D eigenvalue weighted by molar-refractivity contribution is -0.122. The lowest BCUT2D eigenvalue weighted by atomic mass is 10.2. The molecule has 0 aromatic heterocycles. The van der Waals surface area contributed by atoms with Crippen molar-refractivity contribution in [1.82, 2.24) is 15.1 Å². The molecule has 1 aliphatic rings. The number of nitrogens with one attached hydrogen (secondary N) is 1. The van der Waals surface area contributed by atoms with Crippen LogP contribution >= 0.6 is 11.6 Å². The van der Waals surface area contributed by atoms with Crippen LogP contribution in [0.25, 0.3) is 0 Å². The minimum atomic E-state index is 0.0324. The molecule has 23 heavy (non-hydrogen) atoms.